The SMILES string of the molecule is CCCCOCC(O)COc1ccc(C)nc1C=O. The fourth-order valence-corrected chi connectivity index (χ4v) is 1.47. The van der Waals surface area contributed by atoms with E-state index in [9.17, 15) is 9.90 Å². The van der Waals surface area contributed by atoms with E-state index in [-0.39, 0.29) is 18.9 Å². The average molecular weight is 267 g/mol. The van der Waals surface area contributed by atoms with Crippen molar-refractivity contribution in [1.29, 1.82) is 0 Å². The van der Waals surface area contributed by atoms with Crippen LogP contribution in [0.4, 0.5) is 0 Å². The average Bonchev–Trinajstić information content (AvgIpc) is 2.42. The quantitative estimate of drug-likeness (QED) is 0.545. The summed E-state index contributed by atoms with van der Waals surface area (Å²) in [6, 6.07) is 3.43. The van der Waals surface area contributed by atoms with Gasteiger partial charge in [0.25, 0.3) is 0 Å². The second-order valence-corrected chi connectivity index (χ2v) is 4.35. The second kappa shape index (κ2) is 8.61. The number of aryl methyl sites for hydroxylation is 1. The molecule has 0 aliphatic carbocycles. The van der Waals surface area contributed by atoms with Crippen LogP contribution in [0.3, 0.4) is 0 Å². The molecule has 0 saturated heterocycles. The summed E-state index contributed by atoms with van der Waals surface area (Å²) in [6.07, 6.45) is 1.97. The molecule has 19 heavy (non-hydrogen) atoms. The van der Waals surface area contributed by atoms with E-state index in [2.05, 4.69) is 11.9 Å². The van der Waals surface area contributed by atoms with Gasteiger partial charge in [0.15, 0.2) is 6.29 Å². The normalized spacial score (nSPS) is 12.2. The third kappa shape index (κ3) is 5.81. The number of aliphatic hydroxyl groups excluding tert-OH is 1. The van der Waals surface area contributed by atoms with Gasteiger partial charge in [0.2, 0.25) is 0 Å². The van der Waals surface area contributed by atoms with Crippen LogP contribution in [0.25, 0.3) is 0 Å². The van der Waals surface area contributed by atoms with Gasteiger partial charge in [-0.1, -0.05) is 13.3 Å². The van der Waals surface area contributed by atoms with Crippen LogP contribution in [-0.4, -0.2) is 42.3 Å². The maximum Gasteiger partial charge on any atom is 0.172 e. The Morgan fingerprint density at radius 2 is 2.21 bits per heavy atom. The predicted octanol–water partition coefficient (Wildman–Crippen LogP) is 1.76. The zero-order valence-corrected chi connectivity index (χ0v) is 11.5. The van der Waals surface area contributed by atoms with Crippen molar-refractivity contribution in [3.63, 3.8) is 0 Å². The summed E-state index contributed by atoms with van der Waals surface area (Å²) < 4.78 is 10.7. The molecule has 5 nitrogen and oxygen atoms in total. The number of rotatable bonds is 9. The Kier molecular flexibility index (Phi) is 7.07. The second-order valence-electron chi connectivity index (χ2n) is 4.35. The molecule has 1 aromatic heterocycles. The molecular weight excluding hydrogens is 246 g/mol. The minimum absolute atomic E-state index is 0.0811. The van der Waals surface area contributed by atoms with Gasteiger partial charge in [-0.05, 0) is 25.5 Å². The Hall–Kier alpha value is -1.46. The molecule has 0 amide bonds. The summed E-state index contributed by atoms with van der Waals surface area (Å²) in [5.41, 5.74) is 0.997. The van der Waals surface area contributed by atoms with E-state index in [1.807, 2.05) is 0 Å². The van der Waals surface area contributed by atoms with Crippen molar-refractivity contribution in [3.8, 4) is 5.75 Å². The molecule has 5 heteroatoms. The van der Waals surface area contributed by atoms with Gasteiger partial charge in [0, 0.05) is 12.3 Å². The van der Waals surface area contributed by atoms with Gasteiger partial charge in [-0.3, -0.25) is 4.79 Å². The molecule has 0 spiro atoms. The van der Waals surface area contributed by atoms with Crippen LogP contribution >= 0.6 is 0 Å². The Balaban J connectivity index is 2.37. The Morgan fingerprint density at radius 3 is 2.89 bits per heavy atom. The van der Waals surface area contributed by atoms with E-state index in [1.54, 1.807) is 19.1 Å². The number of carbonyl (C=O) groups is 1. The number of carbonyl (C=O) groups excluding carboxylic acids is 1. The number of nitrogens with zero attached hydrogens (tertiary/aromatic N) is 1. The van der Waals surface area contributed by atoms with Gasteiger partial charge in [-0.15, -0.1) is 0 Å². The number of unbranched alkanes of at least 4 members (excludes halogenated alkanes) is 1. The van der Waals surface area contributed by atoms with Gasteiger partial charge < -0.3 is 14.6 Å². The van der Waals surface area contributed by atoms with Crippen LogP contribution in [0, 0.1) is 6.92 Å². The highest BCUT2D eigenvalue weighted by Crippen LogP contribution is 2.15. The fourth-order valence-electron chi connectivity index (χ4n) is 1.47. The minimum atomic E-state index is -0.710. The van der Waals surface area contributed by atoms with Gasteiger partial charge in [0.05, 0.1) is 6.61 Å². The van der Waals surface area contributed by atoms with Gasteiger partial charge >= 0.3 is 0 Å². The van der Waals surface area contributed by atoms with Crippen molar-refractivity contribution in [2.45, 2.75) is 32.8 Å². The van der Waals surface area contributed by atoms with Crippen LogP contribution < -0.4 is 4.74 Å². The number of aldehydes is 1. The number of pyridine rings is 1. The van der Waals surface area contributed by atoms with Crippen molar-refractivity contribution >= 4 is 6.29 Å². The molecule has 0 aromatic carbocycles. The third-order valence-corrected chi connectivity index (χ3v) is 2.52. The first-order valence-electron chi connectivity index (χ1n) is 6.48. The van der Waals surface area contributed by atoms with Crippen LogP contribution in [0.1, 0.15) is 35.9 Å². The third-order valence-electron chi connectivity index (χ3n) is 2.52. The molecule has 0 aliphatic rings. The number of aromatic nitrogens is 1. The molecule has 0 radical (unpaired) electrons. The van der Waals surface area contributed by atoms with E-state index >= 15 is 0 Å². The van der Waals surface area contributed by atoms with Gasteiger partial charge in [-0.2, -0.15) is 0 Å². The Morgan fingerprint density at radius 1 is 1.42 bits per heavy atom. The van der Waals surface area contributed by atoms with E-state index in [0.29, 0.717) is 18.6 Å². The largest absolute Gasteiger partial charge is 0.488 e. The molecule has 1 atom stereocenters. The zero-order chi connectivity index (χ0) is 14.1. The van der Waals surface area contributed by atoms with Crippen LogP contribution in [0.5, 0.6) is 5.75 Å². The van der Waals surface area contributed by atoms with Crippen molar-refractivity contribution in [2.75, 3.05) is 19.8 Å². The van der Waals surface area contributed by atoms with Gasteiger partial charge in [0.1, 0.15) is 24.2 Å². The van der Waals surface area contributed by atoms with Crippen LogP contribution in [0.15, 0.2) is 12.1 Å². The topological polar surface area (TPSA) is 68.7 Å². The number of hydrogen-bond acceptors (Lipinski definition) is 5. The molecule has 0 bridgehead atoms. The van der Waals surface area contributed by atoms with Crippen molar-refractivity contribution in [3.05, 3.63) is 23.5 Å². The maximum absolute atomic E-state index is 10.8. The smallest absolute Gasteiger partial charge is 0.172 e. The molecular formula is C14H21NO4. The van der Waals surface area contributed by atoms with E-state index in [1.165, 1.54) is 0 Å². The van der Waals surface area contributed by atoms with Crippen molar-refractivity contribution in [2.24, 2.45) is 0 Å². The predicted molar refractivity (Wildman–Crippen MR) is 71.6 cm³/mol. The molecule has 106 valence electrons. The monoisotopic (exact) mass is 267 g/mol. The zero-order valence-electron chi connectivity index (χ0n) is 11.5. The highest BCUT2D eigenvalue weighted by atomic mass is 16.5. The van der Waals surface area contributed by atoms with E-state index in [4.69, 9.17) is 9.47 Å². The van der Waals surface area contributed by atoms with Crippen molar-refractivity contribution in [1.82, 2.24) is 4.98 Å². The van der Waals surface area contributed by atoms with Crippen molar-refractivity contribution < 1.29 is 19.4 Å². The van der Waals surface area contributed by atoms with Crippen LogP contribution in [-0.2, 0) is 4.74 Å². The molecule has 1 unspecified atom stereocenters. The first-order valence-corrected chi connectivity index (χ1v) is 6.48. The molecule has 0 saturated carbocycles. The summed E-state index contributed by atoms with van der Waals surface area (Å²) in [4.78, 5) is 14.9. The lowest BCUT2D eigenvalue weighted by Crippen LogP contribution is -2.24. The lowest BCUT2D eigenvalue weighted by Gasteiger charge is -2.13. The molecule has 0 fully saturated rings. The lowest BCUT2D eigenvalue weighted by molar-refractivity contribution is 0.0111. The lowest BCUT2D eigenvalue weighted by atomic mass is 10.3. The molecule has 1 N–H and O–H groups in total. The molecule has 1 aromatic rings. The minimum Gasteiger partial charge on any atom is -0.488 e. The summed E-state index contributed by atoms with van der Waals surface area (Å²) in [6.45, 7) is 4.83. The summed E-state index contributed by atoms with van der Waals surface area (Å²) in [7, 11) is 0. The first kappa shape index (κ1) is 15.6. The molecule has 0 aliphatic heterocycles. The van der Waals surface area contributed by atoms with Crippen LogP contribution in [0.2, 0.25) is 0 Å². The number of ether oxygens (including phenoxy) is 2. The van der Waals surface area contributed by atoms with E-state index in [0.717, 1.165) is 18.5 Å². The summed E-state index contributed by atoms with van der Waals surface area (Å²) in [5, 5.41) is 9.67. The molecule has 1 rings (SSSR count). The van der Waals surface area contributed by atoms with Gasteiger partial charge in [-0.25, -0.2) is 4.98 Å². The fraction of sp³-hybridized carbons (Fsp3) is 0.571. The number of aliphatic hydroxyl groups is 1. The highest BCUT2D eigenvalue weighted by molar-refractivity contribution is 5.76. The molecule has 1 heterocycles. The summed E-state index contributed by atoms with van der Waals surface area (Å²) in [5.74, 6) is 0.383. The number of hydrogen-bond donors (Lipinski definition) is 1. The Labute approximate surface area is 113 Å². The Bertz CT molecular complexity index is 395. The summed E-state index contributed by atoms with van der Waals surface area (Å²) >= 11 is 0. The first-order chi connectivity index (χ1) is 9.17. The highest BCUT2D eigenvalue weighted by Gasteiger charge is 2.09. The maximum atomic E-state index is 10.8. The van der Waals surface area contributed by atoms with E-state index < -0.39 is 6.10 Å². The standard InChI is InChI=1S/C14H21NO4/c1-3-4-7-18-9-12(17)10-19-14-6-5-11(2)15-13(14)8-16/h5-6,8,12,17H,3-4,7,9-10H2,1-2H3.